The molecule has 0 spiro atoms. The Hall–Kier alpha value is -3.46. The number of amides is 1. The van der Waals surface area contributed by atoms with Crippen molar-refractivity contribution in [2.24, 2.45) is 0 Å². The molecule has 9 heteroatoms. The number of pyridine rings is 2. The van der Waals surface area contributed by atoms with Gasteiger partial charge in [0.2, 0.25) is 0 Å². The predicted octanol–water partition coefficient (Wildman–Crippen LogP) is 4.81. The maximum absolute atomic E-state index is 13.2. The van der Waals surface area contributed by atoms with E-state index in [1.807, 2.05) is 18.2 Å². The van der Waals surface area contributed by atoms with E-state index in [2.05, 4.69) is 15.2 Å². The lowest BCUT2D eigenvalue weighted by atomic mass is 9.91. The lowest BCUT2D eigenvalue weighted by Crippen LogP contribution is -2.37. The first-order chi connectivity index (χ1) is 16.9. The summed E-state index contributed by atoms with van der Waals surface area (Å²) in [6.07, 6.45) is -2.05. The number of benzene rings is 1. The number of nitrogens with one attached hydrogen (secondary N) is 1. The summed E-state index contributed by atoms with van der Waals surface area (Å²) in [4.78, 5) is 24.4. The van der Waals surface area contributed by atoms with E-state index in [4.69, 9.17) is 9.72 Å². The Kier molecular flexibility index (Phi) is 6.42. The number of fused-ring (bicyclic) bond motifs is 1. The number of rotatable bonds is 4. The molecule has 0 saturated carbocycles. The zero-order valence-corrected chi connectivity index (χ0v) is 19.0. The monoisotopic (exact) mass is 482 g/mol. The highest BCUT2D eigenvalue weighted by Gasteiger charge is 2.31. The highest BCUT2D eigenvalue weighted by Crippen LogP contribution is 2.34. The van der Waals surface area contributed by atoms with Gasteiger partial charge in [-0.2, -0.15) is 13.2 Å². The van der Waals surface area contributed by atoms with Crippen molar-refractivity contribution in [3.8, 4) is 11.3 Å². The molecule has 1 amide bonds. The first-order valence-electron chi connectivity index (χ1n) is 11.7. The molecule has 6 nitrogen and oxygen atoms in total. The fourth-order valence-corrected chi connectivity index (χ4v) is 4.56. The van der Waals surface area contributed by atoms with E-state index in [0.717, 1.165) is 49.4 Å². The first kappa shape index (κ1) is 23.3. The molecule has 1 aliphatic carbocycles. The molecule has 1 aromatic carbocycles. The number of hydrogen-bond acceptors (Lipinski definition) is 5. The minimum atomic E-state index is -4.43. The number of carbonyl (C=O) groups is 1. The molecule has 1 fully saturated rings. The topological polar surface area (TPSA) is 67.4 Å². The zero-order chi connectivity index (χ0) is 24.4. The number of anilines is 1. The number of aromatic nitrogens is 2. The van der Waals surface area contributed by atoms with Gasteiger partial charge in [0.05, 0.1) is 36.2 Å². The predicted molar refractivity (Wildman–Crippen MR) is 125 cm³/mol. The van der Waals surface area contributed by atoms with E-state index < -0.39 is 11.7 Å². The average molecular weight is 483 g/mol. The van der Waals surface area contributed by atoms with Crippen molar-refractivity contribution in [3.63, 3.8) is 0 Å². The standard InChI is InChI=1S/C26H25F3N4O2/c27-26(28,29)19-6-1-5-18(16-19)20-11-10-17-4-2-7-21(24(17)31-20)32-25(34)22-8-3-9-23(30-22)33-12-14-35-15-13-33/h1,3,5-6,8-11,16,21H,2,4,7,12-15H2,(H,32,34). The Morgan fingerprint density at radius 3 is 2.63 bits per heavy atom. The minimum absolute atomic E-state index is 0.302. The smallest absolute Gasteiger partial charge is 0.378 e. The number of ether oxygens (including phenoxy) is 1. The van der Waals surface area contributed by atoms with Gasteiger partial charge in [-0.25, -0.2) is 4.98 Å². The molecule has 0 radical (unpaired) electrons. The minimum Gasteiger partial charge on any atom is -0.378 e. The summed E-state index contributed by atoms with van der Waals surface area (Å²) < 4.78 is 44.9. The number of morpholine rings is 1. The van der Waals surface area contributed by atoms with Crippen LogP contribution in [-0.2, 0) is 17.3 Å². The molecule has 182 valence electrons. The number of hydrogen-bond donors (Lipinski definition) is 1. The van der Waals surface area contributed by atoms with Crippen LogP contribution in [0.3, 0.4) is 0 Å². The summed E-state index contributed by atoms with van der Waals surface area (Å²) in [6.45, 7) is 2.68. The van der Waals surface area contributed by atoms with Crippen LogP contribution in [0.2, 0.25) is 0 Å². The van der Waals surface area contributed by atoms with Gasteiger partial charge in [-0.3, -0.25) is 9.78 Å². The third kappa shape index (κ3) is 5.14. The molecule has 2 aliphatic rings. The van der Waals surface area contributed by atoms with Gasteiger partial charge in [0.15, 0.2) is 0 Å². The second kappa shape index (κ2) is 9.65. The molecular weight excluding hydrogens is 457 g/mol. The van der Waals surface area contributed by atoms with Crippen molar-refractivity contribution in [2.75, 3.05) is 31.2 Å². The van der Waals surface area contributed by atoms with Crippen LogP contribution in [0.15, 0.2) is 54.6 Å². The van der Waals surface area contributed by atoms with E-state index >= 15 is 0 Å². The Balaban J connectivity index is 1.38. The summed E-state index contributed by atoms with van der Waals surface area (Å²) in [5.74, 6) is 0.430. The van der Waals surface area contributed by atoms with Gasteiger partial charge in [-0.05, 0) is 55.2 Å². The van der Waals surface area contributed by atoms with Crippen LogP contribution in [0.4, 0.5) is 19.0 Å². The Labute approximate surface area is 201 Å². The van der Waals surface area contributed by atoms with Crippen molar-refractivity contribution in [3.05, 3.63) is 77.1 Å². The lowest BCUT2D eigenvalue weighted by Gasteiger charge is -2.28. The van der Waals surface area contributed by atoms with Gasteiger partial charge in [0.1, 0.15) is 11.5 Å². The van der Waals surface area contributed by atoms with E-state index in [1.54, 1.807) is 18.2 Å². The van der Waals surface area contributed by atoms with Crippen LogP contribution in [0.25, 0.3) is 11.3 Å². The summed E-state index contributed by atoms with van der Waals surface area (Å²) in [7, 11) is 0. The van der Waals surface area contributed by atoms with Gasteiger partial charge in [-0.1, -0.05) is 24.3 Å². The molecule has 1 unspecified atom stereocenters. The summed E-state index contributed by atoms with van der Waals surface area (Å²) in [5.41, 5.74) is 2.12. The van der Waals surface area contributed by atoms with E-state index in [9.17, 15) is 18.0 Å². The number of halogens is 3. The molecule has 1 N–H and O–H groups in total. The maximum atomic E-state index is 13.2. The van der Waals surface area contributed by atoms with Crippen molar-refractivity contribution in [1.82, 2.24) is 15.3 Å². The first-order valence-corrected chi connectivity index (χ1v) is 11.7. The number of carbonyl (C=O) groups excluding carboxylic acids is 1. The van der Waals surface area contributed by atoms with E-state index in [-0.39, 0.29) is 11.9 Å². The van der Waals surface area contributed by atoms with E-state index in [0.29, 0.717) is 42.3 Å². The van der Waals surface area contributed by atoms with Gasteiger partial charge < -0.3 is 15.0 Å². The number of aryl methyl sites for hydroxylation is 1. The fourth-order valence-electron chi connectivity index (χ4n) is 4.56. The molecule has 1 aliphatic heterocycles. The summed E-state index contributed by atoms with van der Waals surface area (Å²) in [6, 6.07) is 13.8. The zero-order valence-electron chi connectivity index (χ0n) is 19.0. The molecule has 1 atom stereocenters. The number of alkyl halides is 3. The number of nitrogens with zero attached hydrogens (tertiary/aromatic N) is 3. The summed E-state index contributed by atoms with van der Waals surface area (Å²) in [5, 5.41) is 3.05. The molecular formula is C26H25F3N4O2. The molecule has 3 aromatic rings. The third-order valence-electron chi connectivity index (χ3n) is 6.37. The van der Waals surface area contributed by atoms with Crippen LogP contribution in [0.1, 0.15) is 46.2 Å². The van der Waals surface area contributed by atoms with Crippen LogP contribution in [0.5, 0.6) is 0 Å². The molecule has 35 heavy (non-hydrogen) atoms. The second-order valence-corrected chi connectivity index (χ2v) is 8.72. The normalized spacial score (nSPS) is 18.1. The van der Waals surface area contributed by atoms with Gasteiger partial charge in [-0.15, -0.1) is 0 Å². The van der Waals surface area contributed by atoms with Crippen LogP contribution < -0.4 is 10.2 Å². The van der Waals surface area contributed by atoms with Crippen LogP contribution in [0, 0.1) is 0 Å². The fraction of sp³-hybridized carbons (Fsp3) is 0.346. The maximum Gasteiger partial charge on any atom is 0.416 e. The summed E-state index contributed by atoms with van der Waals surface area (Å²) >= 11 is 0. The SMILES string of the molecule is O=C(NC1CCCc2ccc(-c3cccc(C(F)(F)F)c3)nc21)c1cccc(N2CCOCC2)n1. The van der Waals surface area contributed by atoms with Crippen molar-refractivity contribution in [2.45, 2.75) is 31.5 Å². The largest absolute Gasteiger partial charge is 0.416 e. The Bertz CT molecular complexity index is 1230. The Morgan fingerprint density at radius 2 is 1.83 bits per heavy atom. The molecule has 2 aromatic heterocycles. The Morgan fingerprint density at radius 1 is 1.03 bits per heavy atom. The molecule has 3 heterocycles. The van der Waals surface area contributed by atoms with Gasteiger partial charge in [0.25, 0.3) is 5.91 Å². The van der Waals surface area contributed by atoms with Crippen LogP contribution in [-0.4, -0.2) is 42.2 Å². The third-order valence-corrected chi connectivity index (χ3v) is 6.37. The highest BCUT2D eigenvalue weighted by atomic mass is 19.4. The molecule has 5 rings (SSSR count). The van der Waals surface area contributed by atoms with Crippen LogP contribution >= 0.6 is 0 Å². The van der Waals surface area contributed by atoms with Gasteiger partial charge in [0, 0.05) is 18.7 Å². The molecule has 1 saturated heterocycles. The van der Waals surface area contributed by atoms with Crippen molar-refractivity contribution < 1.29 is 22.7 Å². The van der Waals surface area contributed by atoms with Gasteiger partial charge >= 0.3 is 6.18 Å². The molecule has 0 bridgehead atoms. The highest BCUT2D eigenvalue weighted by molar-refractivity contribution is 5.93. The quantitative estimate of drug-likeness (QED) is 0.578. The van der Waals surface area contributed by atoms with Crippen molar-refractivity contribution in [1.29, 1.82) is 0 Å². The lowest BCUT2D eigenvalue weighted by molar-refractivity contribution is -0.137. The second-order valence-electron chi connectivity index (χ2n) is 8.72. The average Bonchev–Trinajstić information content (AvgIpc) is 2.89. The van der Waals surface area contributed by atoms with Crippen molar-refractivity contribution >= 4 is 11.7 Å². The van der Waals surface area contributed by atoms with E-state index in [1.165, 1.54) is 6.07 Å².